The third-order valence-corrected chi connectivity index (χ3v) is 6.19. The van der Waals surface area contributed by atoms with Crippen molar-refractivity contribution in [3.63, 3.8) is 0 Å². The number of nitrogens with two attached hydrogens (primary N) is 1. The van der Waals surface area contributed by atoms with Gasteiger partial charge in [-0.05, 0) is 42.0 Å². The number of alkyl halides is 3. The van der Waals surface area contributed by atoms with Crippen molar-refractivity contribution in [3.05, 3.63) is 78.0 Å². The first-order valence-electron chi connectivity index (χ1n) is 10.5. The number of rotatable bonds is 6. The number of benzene rings is 3. The van der Waals surface area contributed by atoms with Gasteiger partial charge in [0.15, 0.2) is 0 Å². The number of thiazole rings is 1. The number of halogens is 3. The number of carbonyl (C=O) groups is 2. The minimum absolute atomic E-state index is 0.356. The predicted molar refractivity (Wildman–Crippen MR) is 128 cm³/mol. The highest BCUT2D eigenvalue weighted by Crippen LogP contribution is 2.31. The SMILES string of the molecule is NC(=O)c1cccc2cn(-c3ccc(CNc4ccc5sc(OC(=O)C(F)(F)F)nc5c4)cc3)nc12. The molecule has 0 saturated heterocycles. The first kappa shape index (κ1) is 23.3. The Morgan fingerprint density at radius 3 is 2.58 bits per heavy atom. The van der Waals surface area contributed by atoms with Crippen LogP contribution in [0.15, 0.2) is 66.9 Å². The number of ether oxygens (including phenoxy) is 1. The molecule has 182 valence electrons. The second-order valence-corrected chi connectivity index (χ2v) is 8.74. The second-order valence-electron chi connectivity index (χ2n) is 7.75. The number of esters is 1. The van der Waals surface area contributed by atoms with Crippen molar-refractivity contribution in [2.75, 3.05) is 5.32 Å². The number of aromatic nitrogens is 3. The third kappa shape index (κ3) is 4.70. The lowest BCUT2D eigenvalue weighted by molar-refractivity contribution is -0.189. The van der Waals surface area contributed by atoms with E-state index in [9.17, 15) is 22.8 Å². The van der Waals surface area contributed by atoms with Crippen LogP contribution in [-0.2, 0) is 11.3 Å². The molecule has 0 spiro atoms. The number of primary amides is 1. The van der Waals surface area contributed by atoms with Crippen LogP contribution in [0.2, 0.25) is 0 Å². The summed E-state index contributed by atoms with van der Waals surface area (Å²) in [6.07, 6.45) is -3.27. The largest absolute Gasteiger partial charge is 0.491 e. The van der Waals surface area contributed by atoms with Crippen LogP contribution >= 0.6 is 11.3 Å². The number of hydrogen-bond donors (Lipinski definition) is 2. The van der Waals surface area contributed by atoms with E-state index in [1.807, 2.05) is 36.5 Å². The molecular weight excluding hydrogens is 495 g/mol. The molecule has 2 heterocycles. The summed E-state index contributed by atoms with van der Waals surface area (Å²) >= 11 is 0.852. The standard InChI is InChI=1S/C24H16F3N5O3S/c25-24(26,27)22(34)35-23-30-18-10-15(6-9-19(18)36-23)29-11-13-4-7-16(8-5-13)32-12-14-2-1-3-17(21(28)33)20(14)31-32/h1-10,12,29H,11H2,(H2,28,33). The molecule has 3 aromatic carbocycles. The summed E-state index contributed by atoms with van der Waals surface area (Å²) in [5.41, 5.74) is 9.20. The lowest BCUT2D eigenvalue weighted by Gasteiger charge is -2.08. The van der Waals surface area contributed by atoms with Gasteiger partial charge in [-0.25, -0.2) is 14.5 Å². The molecule has 2 aromatic heterocycles. The highest BCUT2D eigenvalue weighted by molar-refractivity contribution is 7.20. The molecule has 0 radical (unpaired) electrons. The van der Waals surface area contributed by atoms with E-state index in [1.165, 1.54) is 0 Å². The number of fused-ring (bicyclic) bond motifs is 2. The molecule has 1 amide bonds. The fraction of sp³-hybridized carbons (Fsp3) is 0.0833. The van der Waals surface area contributed by atoms with Crippen LogP contribution in [0.4, 0.5) is 18.9 Å². The van der Waals surface area contributed by atoms with Gasteiger partial charge in [0.25, 0.3) is 11.1 Å². The lowest BCUT2D eigenvalue weighted by Crippen LogP contribution is -2.27. The maximum Gasteiger partial charge on any atom is 0.491 e. The average molecular weight is 511 g/mol. The average Bonchev–Trinajstić information content (AvgIpc) is 3.45. The van der Waals surface area contributed by atoms with E-state index in [0.717, 1.165) is 28.0 Å². The molecule has 0 aliphatic carbocycles. The predicted octanol–water partition coefficient (Wildman–Crippen LogP) is 4.81. The van der Waals surface area contributed by atoms with E-state index >= 15 is 0 Å². The highest BCUT2D eigenvalue weighted by atomic mass is 32.1. The second kappa shape index (κ2) is 8.96. The Kier molecular flexibility index (Phi) is 5.80. The third-order valence-electron chi connectivity index (χ3n) is 5.28. The minimum atomic E-state index is -5.09. The van der Waals surface area contributed by atoms with Crippen molar-refractivity contribution >= 4 is 50.0 Å². The van der Waals surface area contributed by atoms with Gasteiger partial charge in [-0.1, -0.05) is 35.6 Å². The molecule has 5 aromatic rings. The molecule has 0 aliphatic heterocycles. The van der Waals surface area contributed by atoms with Gasteiger partial charge in [-0.15, -0.1) is 0 Å². The zero-order valence-corrected chi connectivity index (χ0v) is 19.1. The molecule has 0 unspecified atom stereocenters. The number of anilines is 1. The quantitative estimate of drug-likeness (QED) is 0.317. The van der Waals surface area contributed by atoms with E-state index in [4.69, 9.17) is 5.73 Å². The lowest BCUT2D eigenvalue weighted by atomic mass is 10.1. The van der Waals surface area contributed by atoms with E-state index in [0.29, 0.717) is 33.5 Å². The number of amides is 1. The molecule has 0 atom stereocenters. The van der Waals surface area contributed by atoms with Gasteiger partial charge < -0.3 is 15.8 Å². The Hall–Kier alpha value is -4.45. The topological polar surface area (TPSA) is 112 Å². The van der Waals surface area contributed by atoms with Crippen LogP contribution in [0.25, 0.3) is 26.8 Å². The van der Waals surface area contributed by atoms with Gasteiger partial charge in [0.05, 0.1) is 21.5 Å². The zero-order chi connectivity index (χ0) is 25.4. The summed E-state index contributed by atoms with van der Waals surface area (Å²) in [4.78, 5) is 26.6. The van der Waals surface area contributed by atoms with Gasteiger partial charge in [-0.3, -0.25) is 4.79 Å². The Labute approximate surface area is 205 Å². The van der Waals surface area contributed by atoms with Gasteiger partial charge in [0.2, 0.25) is 0 Å². The van der Waals surface area contributed by atoms with E-state index < -0.39 is 18.1 Å². The van der Waals surface area contributed by atoms with Gasteiger partial charge in [0.1, 0.15) is 5.52 Å². The van der Waals surface area contributed by atoms with Crippen LogP contribution in [-0.4, -0.2) is 32.8 Å². The molecule has 8 nitrogen and oxygen atoms in total. The molecular formula is C24H16F3N5O3S. The van der Waals surface area contributed by atoms with Gasteiger partial charge >= 0.3 is 12.1 Å². The number of nitrogens with zero attached hydrogens (tertiary/aromatic N) is 3. The first-order valence-corrected chi connectivity index (χ1v) is 11.3. The summed E-state index contributed by atoms with van der Waals surface area (Å²) in [6.45, 7) is 0.471. The molecule has 5 rings (SSSR count). The van der Waals surface area contributed by atoms with Crippen LogP contribution in [0.1, 0.15) is 15.9 Å². The molecule has 0 saturated carbocycles. The number of nitrogens with one attached hydrogen (secondary N) is 1. The maximum atomic E-state index is 12.4. The summed E-state index contributed by atoms with van der Waals surface area (Å²) < 4.78 is 43.8. The summed E-state index contributed by atoms with van der Waals surface area (Å²) in [6, 6.07) is 18.0. The van der Waals surface area contributed by atoms with Crippen molar-refractivity contribution in [1.29, 1.82) is 0 Å². The fourth-order valence-electron chi connectivity index (χ4n) is 3.54. The van der Waals surface area contributed by atoms with Crippen molar-refractivity contribution in [2.24, 2.45) is 5.73 Å². The molecule has 0 aliphatic rings. The first-order chi connectivity index (χ1) is 17.2. The smallest absolute Gasteiger partial charge is 0.391 e. The van der Waals surface area contributed by atoms with E-state index in [-0.39, 0.29) is 5.19 Å². The van der Waals surface area contributed by atoms with E-state index in [1.54, 1.807) is 35.0 Å². The van der Waals surface area contributed by atoms with Crippen LogP contribution < -0.4 is 15.8 Å². The zero-order valence-electron chi connectivity index (χ0n) is 18.2. The monoisotopic (exact) mass is 511 g/mol. The Balaban J connectivity index is 1.27. The van der Waals surface area contributed by atoms with E-state index in [2.05, 4.69) is 20.1 Å². The van der Waals surface area contributed by atoms with Crippen LogP contribution in [0.5, 0.6) is 5.19 Å². The molecule has 0 fully saturated rings. The number of hydrogen-bond acceptors (Lipinski definition) is 7. The van der Waals surface area contributed by atoms with Crippen molar-refractivity contribution in [1.82, 2.24) is 14.8 Å². The molecule has 3 N–H and O–H groups in total. The molecule has 12 heteroatoms. The summed E-state index contributed by atoms with van der Waals surface area (Å²) in [5, 5.41) is 8.15. The molecule has 36 heavy (non-hydrogen) atoms. The van der Waals surface area contributed by atoms with Crippen LogP contribution in [0, 0.1) is 0 Å². The van der Waals surface area contributed by atoms with Gasteiger partial charge in [-0.2, -0.15) is 18.3 Å². The Morgan fingerprint density at radius 2 is 1.86 bits per heavy atom. The Morgan fingerprint density at radius 1 is 1.08 bits per heavy atom. The van der Waals surface area contributed by atoms with Gasteiger partial charge in [0, 0.05) is 23.8 Å². The Bertz CT molecular complexity index is 1610. The summed E-state index contributed by atoms with van der Waals surface area (Å²) in [5.74, 6) is -2.85. The summed E-state index contributed by atoms with van der Waals surface area (Å²) in [7, 11) is 0. The normalized spacial score (nSPS) is 11.6. The van der Waals surface area contributed by atoms with Crippen molar-refractivity contribution in [2.45, 2.75) is 12.7 Å². The van der Waals surface area contributed by atoms with Crippen LogP contribution in [0.3, 0.4) is 0 Å². The highest BCUT2D eigenvalue weighted by Gasteiger charge is 2.42. The van der Waals surface area contributed by atoms with Crippen molar-refractivity contribution < 1.29 is 27.5 Å². The van der Waals surface area contributed by atoms with Crippen molar-refractivity contribution in [3.8, 4) is 10.9 Å². The minimum Gasteiger partial charge on any atom is -0.391 e. The fourth-order valence-corrected chi connectivity index (χ4v) is 4.34. The maximum absolute atomic E-state index is 12.4. The number of carbonyl (C=O) groups excluding carboxylic acids is 2. The molecule has 0 bridgehead atoms.